The lowest BCUT2D eigenvalue weighted by Crippen LogP contribution is -2.36. The second-order valence-electron chi connectivity index (χ2n) is 4.75. The first kappa shape index (κ1) is 8.21. The zero-order valence-corrected chi connectivity index (χ0v) is 7.69. The van der Waals surface area contributed by atoms with Gasteiger partial charge in [-0.2, -0.15) is 0 Å². The van der Waals surface area contributed by atoms with E-state index in [0.29, 0.717) is 18.1 Å². The molecule has 0 radical (unpaired) electrons. The third-order valence-electron chi connectivity index (χ3n) is 4.48. The summed E-state index contributed by atoms with van der Waals surface area (Å²) in [5.41, 5.74) is -0.684. The van der Waals surface area contributed by atoms with Crippen molar-refractivity contribution in [2.45, 2.75) is 33.1 Å². The number of carbonyl (C=O) groups is 1. The Bertz CT molecular complexity index is 238. The normalized spacial score (nSPS) is 51.9. The second-order valence-corrected chi connectivity index (χ2v) is 4.75. The van der Waals surface area contributed by atoms with Crippen LogP contribution in [0.25, 0.3) is 0 Å². The molecule has 1 nitrogen and oxygen atoms in total. The SMILES string of the molecule is CC12CCC(CC1=O)C2(C)CF. The molecule has 2 saturated carbocycles. The molecule has 3 unspecified atom stereocenters. The quantitative estimate of drug-likeness (QED) is 0.590. The van der Waals surface area contributed by atoms with Gasteiger partial charge in [0.15, 0.2) is 0 Å². The molecule has 0 aromatic carbocycles. The zero-order chi connectivity index (χ0) is 8.98. The van der Waals surface area contributed by atoms with Crippen LogP contribution < -0.4 is 0 Å². The van der Waals surface area contributed by atoms with Crippen molar-refractivity contribution >= 4 is 5.78 Å². The van der Waals surface area contributed by atoms with Gasteiger partial charge in [-0.15, -0.1) is 0 Å². The number of rotatable bonds is 1. The Morgan fingerprint density at radius 2 is 2.25 bits per heavy atom. The Hall–Kier alpha value is -0.400. The van der Waals surface area contributed by atoms with Crippen molar-refractivity contribution in [1.29, 1.82) is 0 Å². The number of carbonyl (C=O) groups excluding carboxylic acids is 1. The summed E-state index contributed by atoms with van der Waals surface area (Å²) < 4.78 is 12.9. The molecule has 68 valence electrons. The molecule has 2 rings (SSSR count). The van der Waals surface area contributed by atoms with E-state index in [4.69, 9.17) is 0 Å². The van der Waals surface area contributed by atoms with Gasteiger partial charge < -0.3 is 0 Å². The molecule has 2 heteroatoms. The van der Waals surface area contributed by atoms with Crippen LogP contribution in [0.3, 0.4) is 0 Å². The molecule has 2 fully saturated rings. The molecule has 2 aliphatic carbocycles. The van der Waals surface area contributed by atoms with Gasteiger partial charge in [0.2, 0.25) is 0 Å². The highest BCUT2D eigenvalue weighted by Gasteiger charge is 2.63. The highest BCUT2D eigenvalue weighted by Crippen LogP contribution is 2.63. The van der Waals surface area contributed by atoms with Gasteiger partial charge in [-0.3, -0.25) is 9.18 Å². The standard InChI is InChI=1S/C10H15FO/c1-9-4-3-7(5-8(9)12)10(9,2)6-11/h7H,3-6H2,1-2H3. The van der Waals surface area contributed by atoms with Gasteiger partial charge in [-0.05, 0) is 18.8 Å². The Balaban J connectivity index is 2.44. The lowest BCUT2D eigenvalue weighted by molar-refractivity contribution is -0.128. The van der Waals surface area contributed by atoms with Gasteiger partial charge in [-0.1, -0.05) is 13.8 Å². The Kier molecular flexibility index (Phi) is 1.43. The molecular weight excluding hydrogens is 155 g/mol. The van der Waals surface area contributed by atoms with Gasteiger partial charge in [-0.25, -0.2) is 0 Å². The fourth-order valence-electron chi connectivity index (χ4n) is 3.01. The van der Waals surface area contributed by atoms with Crippen LogP contribution in [-0.2, 0) is 4.79 Å². The van der Waals surface area contributed by atoms with Crippen molar-refractivity contribution in [2.24, 2.45) is 16.7 Å². The summed E-state index contributed by atoms with van der Waals surface area (Å²) in [4.78, 5) is 11.6. The molecule has 0 amide bonds. The van der Waals surface area contributed by atoms with E-state index in [-0.39, 0.29) is 17.5 Å². The predicted molar refractivity (Wildman–Crippen MR) is 44.5 cm³/mol. The molecule has 12 heavy (non-hydrogen) atoms. The number of Topliss-reactive ketones (excluding diaryl/α,β-unsaturated/α-hetero) is 1. The summed E-state index contributed by atoms with van der Waals surface area (Å²) in [7, 11) is 0. The topological polar surface area (TPSA) is 17.1 Å². The second kappa shape index (κ2) is 2.09. The molecule has 0 spiro atoms. The molecule has 3 atom stereocenters. The van der Waals surface area contributed by atoms with E-state index in [0.717, 1.165) is 12.8 Å². The third-order valence-corrected chi connectivity index (χ3v) is 4.48. The number of fused-ring (bicyclic) bond motifs is 2. The molecule has 0 saturated heterocycles. The molecular formula is C10H15FO. The maximum atomic E-state index is 12.9. The zero-order valence-electron chi connectivity index (χ0n) is 7.69. The van der Waals surface area contributed by atoms with Crippen LogP contribution >= 0.6 is 0 Å². The van der Waals surface area contributed by atoms with Crippen LogP contribution in [0.5, 0.6) is 0 Å². The molecule has 2 bridgehead atoms. The van der Waals surface area contributed by atoms with Crippen molar-refractivity contribution in [1.82, 2.24) is 0 Å². The number of hydrogen-bond acceptors (Lipinski definition) is 1. The maximum absolute atomic E-state index is 12.9. The molecule has 0 aliphatic heterocycles. The summed E-state index contributed by atoms with van der Waals surface area (Å²) in [6.45, 7) is 3.55. The average Bonchev–Trinajstić information content (AvgIpc) is 2.39. The highest BCUT2D eigenvalue weighted by atomic mass is 19.1. The van der Waals surface area contributed by atoms with Gasteiger partial charge in [0.25, 0.3) is 0 Å². The van der Waals surface area contributed by atoms with Crippen LogP contribution in [0.4, 0.5) is 4.39 Å². The van der Waals surface area contributed by atoms with E-state index in [9.17, 15) is 9.18 Å². The Labute approximate surface area is 72.3 Å². The predicted octanol–water partition coefficient (Wildman–Crippen LogP) is 2.35. The lowest BCUT2D eigenvalue weighted by Gasteiger charge is -2.33. The first-order valence-corrected chi connectivity index (χ1v) is 4.64. The van der Waals surface area contributed by atoms with E-state index in [1.807, 2.05) is 13.8 Å². The summed E-state index contributed by atoms with van der Waals surface area (Å²) in [5, 5.41) is 0. The largest absolute Gasteiger partial charge is 0.299 e. The van der Waals surface area contributed by atoms with Crippen molar-refractivity contribution < 1.29 is 9.18 Å². The fraction of sp³-hybridized carbons (Fsp3) is 0.900. The molecule has 2 aliphatic rings. The smallest absolute Gasteiger partial charge is 0.139 e. The number of ketones is 1. The van der Waals surface area contributed by atoms with Gasteiger partial charge in [0.1, 0.15) is 5.78 Å². The Morgan fingerprint density at radius 3 is 2.50 bits per heavy atom. The van der Waals surface area contributed by atoms with Gasteiger partial charge in [0.05, 0.1) is 6.67 Å². The van der Waals surface area contributed by atoms with Crippen molar-refractivity contribution in [2.75, 3.05) is 6.67 Å². The molecule has 0 aromatic heterocycles. The first-order valence-electron chi connectivity index (χ1n) is 4.64. The van der Waals surface area contributed by atoms with Crippen molar-refractivity contribution in [3.63, 3.8) is 0 Å². The molecule has 0 heterocycles. The summed E-state index contributed by atoms with van der Waals surface area (Å²) in [5.74, 6) is 0.610. The minimum absolute atomic E-state index is 0.291. The van der Waals surface area contributed by atoms with E-state index >= 15 is 0 Å². The first-order chi connectivity index (χ1) is 5.54. The van der Waals surface area contributed by atoms with E-state index in [1.165, 1.54) is 0 Å². The fourth-order valence-corrected chi connectivity index (χ4v) is 3.01. The van der Waals surface area contributed by atoms with Crippen LogP contribution in [0, 0.1) is 16.7 Å². The monoisotopic (exact) mass is 170 g/mol. The number of halogens is 1. The minimum Gasteiger partial charge on any atom is -0.299 e. The van der Waals surface area contributed by atoms with E-state index < -0.39 is 0 Å². The number of alkyl halides is 1. The van der Waals surface area contributed by atoms with Crippen LogP contribution in [-0.4, -0.2) is 12.5 Å². The summed E-state index contributed by atoms with van der Waals surface area (Å²) in [6.07, 6.45) is 2.57. The average molecular weight is 170 g/mol. The molecule has 0 aromatic rings. The van der Waals surface area contributed by atoms with E-state index in [2.05, 4.69) is 0 Å². The van der Waals surface area contributed by atoms with Crippen LogP contribution in [0.2, 0.25) is 0 Å². The minimum atomic E-state index is -0.343. The summed E-state index contributed by atoms with van der Waals surface area (Å²) >= 11 is 0. The van der Waals surface area contributed by atoms with Crippen molar-refractivity contribution in [3.8, 4) is 0 Å². The lowest BCUT2D eigenvalue weighted by atomic mass is 9.70. The van der Waals surface area contributed by atoms with Gasteiger partial charge >= 0.3 is 0 Å². The third kappa shape index (κ3) is 0.629. The van der Waals surface area contributed by atoms with Gasteiger partial charge in [0, 0.05) is 17.3 Å². The molecule has 0 N–H and O–H groups in total. The number of hydrogen-bond donors (Lipinski definition) is 0. The Morgan fingerprint density at radius 1 is 1.58 bits per heavy atom. The van der Waals surface area contributed by atoms with Crippen molar-refractivity contribution in [3.05, 3.63) is 0 Å². The maximum Gasteiger partial charge on any atom is 0.139 e. The van der Waals surface area contributed by atoms with Crippen LogP contribution in [0.15, 0.2) is 0 Å². The highest BCUT2D eigenvalue weighted by molar-refractivity contribution is 5.89. The summed E-state index contributed by atoms with van der Waals surface area (Å²) in [6, 6.07) is 0. The van der Waals surface area contributed by atoms with E-state index in [1.54, 1.807) is 0 Å². The van der Waals surface area contributed by atoms with Crippen LogP contribution in [0.1, 0.15) is 33.1 Å².